The lowest BCUT2D eigenvalue weighted by molar-refractivity contribution is 0.00845. The van der Waals surface area contributed by atoms with Crippen LogP contribution in [-0.4, -0.2) is 29.4 Å². The van der Waals surface area contributed by atoms with Gasteiger partial charge in [-0.1, -0.05) is 23.5 Å². The predicted molar refractivity (Wildman–Crippen MR) is 84.5 cm³/mol. The van der Waals surface area contributed by atoms with Crippen LogP contribution in [0.3, 0.4) is 0 Å². The second kappa shape index (κ2) is 5.66. The summed E-state index contributed by atoms with van der Waals surface area (Å²) in [6.07, 6.45) is 2.36. The molecule has 22 heavy (non-hydrogen) atoms. The van der Waals surface area contributed by atoms with Gasteiger partial charge in [0.15, 0.2) is 0 Å². The van der Waals surface area contributed by atoms with Gasteiger partial charge in [0.1, 0.15) is 5.01 Å². The van der Waals surface area contributed by atoms with E-state index in [1.165, 1.54) is 29.7 Å². The molecule has 6 nitrogen and oxygen atoms in total. The molecule has 2 fully saturated rings. The van der Waals surface area contributed by atoms with Gasteiger partial charge in [0, 0.05) is 17.5 Å². The Kier molecular flexibility index (Phi) is 3.51. The van der Waals surface area contributed by atoms with E-state index in [4.69, 9.17) is 4.74 Å². The van der Waals surface area contributed by atoms with Crippen molar-refractivity contribution in [1.82, 2.24) is 10.2 Å². The predicted octanol–water partition coefficient (Wildman–Crippen LogP) is 3.17. The van der Waals surface area contributed by atoms with Crippen molar-refractivity contribution in [3.8, 4) is 0 Å². The van der Waals surface area contributed by atoms with Crippen molar-refractivity contribution in [2.75, 3.05) is 23.8 Å². The van der Waals surface area contributed by atoms with E-state index in [1.54, 1.807) is 0 Å². The Morgan fingerprint density at radius 2 is 2.05 bits per heavy atom. The maximum absolute atomic E-state index is 12.0. The fourth-order valence-corrected chi connectivity index (χ4v) is 3.25. The van der Waals surface area contributed by atoms with Gasteiger partial charge < -0.3 is 10.1 Å². The first-order chi connectivity index (χ1) is 10.8. The zero-order valence-electron chi connectivity index (χ0n) is 11.9. The smallest absolute Gasteiger partial charge is 0.325 e. The van der Waals surface area contributed by atoms with Gasteiger partial charge in [-0.25, -0.2) is 4.79 Å². The molecule has 114 valence electrons. The lowest BCUT2D eigenvalue weighted by Gasteiger charge is -2.26. The number of benzene rings is 1. The Morgan fingerprint density at radius 3 is 2.77 bits per heavy atom. The highest BCUT2D eigenvalue weighted by atomic mass is 32.1. The van der Waals surface area contributed by atoms with Gasteiger partial charge >= 0.3 is 6.03 Å². The van der Waals surface area contributed by atoms with Crippen molar-refractivity contribution in [3.05, 3.63) is 34.8 Å². The van der Waals surface area contributed by atoms with E-state index in [2.05, 4.69) is 26.9 Å². The van der Waals surface area contributed by atoms with E-state index in [0.29, 0.717) is 17.0 Å². The number of aromatic nitrogens is 2. The number of carbonyl (C=O) groups excluding carboxylic acids is 1. The van der Waals surface area contributed by atoms with Crippen LogP contribution in [0.5, 0.6) is 0 Å². The molecule has 2 aromatic rings. The maximum atomic E-state index is 12.0. The summed E-state index contributed by atoms with van der Waals surface area (Å²) >= 11 is 1.45. The van der Waals surface area contributed by atoms with Crippen LogP contribution in [0.2, 0.25) is 0 Å². The van der Waals surface area contributed by atoms with Crippen LogP contribution in [0.25, 0.3) is 0 Å². The Labute approximate surface area is 131 Å². The number of rotatable bonds is 4. The topological polar surface area (TPSA) is 76.1 Å². The van der Waals surface area contributed by atoms with Crippen LogP contribution in [-0.2, 0) is 4.74 Å². The van der Waals surface area contributed by atoms with Crippen molar-refractivity contribution in [3.63, 3.8) is 0 Å². The maximum Gasteiger partial charge on any atom is 0.325 e. The van der Waals surface area contributed by atoms with E-state index in [9.17, 15) is 4.79 Å². The third-order valence-electron chi connectivity index (χ3n) is 3.84. The molecule has 0 atom stereocenters. The van der Waals surface area contributed by atoms with Gasteiger partial charge in [-0.05, 0) is 30.5 Å². The summed E-state index contributed by atoms with van der Waals surface area (Å²) < 4.78 is 5.20. The van der Waals surface area contributed by atoms with E-state index in [1.807, 2.05) is 18.2 Å². The number of nitrogens with zero attached hydrogens (tertiary/aromatic N) is 2. The molecule has 1 aromatic carbocycles. The molecule has 1 aliphatic heterocycles. The van der Waals surface area contributed by atoms with Crippen molar-refractivity contribution in [2.24, 2.45) is 0 Å². The molecule has 2 aliphatic rings. The van der Waals surface area contributed by atoms with Crippen molar-refractivity contribution >= 4 is 28.2 Å². The van der Waals surface area contributed by atoms with Crippen LogP contribution in [0.4, 0.5) is 15.6 Å². The van der Waals surface area contributed by atoms with E-state index in [-0.39, 0.29) is 6.03 Å². The van der Waals surface area contributed by atoms with Gasteiger partial charge in [0.05, 0.1) is 13.2 Å². The summed E-state index contributed by atoms with van der Waals surface area (Å²) in [5.41, 5.74) is 1.96. The minimum absolute atomic E-state index is 0.291. The third kappa shape index (κ3) is 2.95. The highest BCUT2D eigenvalue weighted by molar-refractivity contribution is 7.15. The van der Waals surface area contributed by atoms with Crippen LogP contribution in [0, 0.1) is 0 Å². The Bertz CT molecular complexity index is 694. The molecule has 0 radical (unpaired) electrons. The molecule has 1 saturated heterocycles. The first kappa shape index (κ1) is 13.7. The number of ether oxygens (including phenoxy) is 1. The van der Waals surface area contributed by atoms with Gasteiger partial charge in [0.25, 0.3) is 0 Å². The number of carbonyl (C=O) groups is 1. The lowest BCUT2D eigenvalue weighted by Crippen LogP contribution is -2.25. The van der Waals surface area contributed by atoms with E-state index >= 15 is 0 Å². The molecular weight excluding hydrogens is 300 g/mol. The molecule has 7 heteroatoms. The fraction of sp³-hybridized carbons (Fsp3) is 0.400. The second-order valence-electron chi connectivity index (χ2n) is 5.66. The summed E-state index contributed by atoms with van der Waals surface area (Å²) in [5.74, 6) is 0.992. The highest BCUT2D eigenvalue weighted by Gasteiger charge is 2.27. The second-order valence-corrected chi connectivity index (χ2v) is 6.67. The van der Waals surface area contributed by atoms with Crippen LogP contribution in [0.1, 0.15) is 35.2 Å². The molecule has 1 saturated carbocycles. The molecule has 0 bridgehead atoms. The molecule has 0 spiro atoms. The summed E-state index contributed by atoms with van der Waals surface area (Å²) in [6.45, 7) is 1.51. The molecular formula is C15H16N4O2S. The minimum atomic E-state index is -0.291. The molecule has 0 unspecified atom stereocenters. The average molecular weight is 316 g/mol. The normalized spacial score (nSPS) is 17.8. The largest absolute Gasteiger partial charge is 0.380 e. The highest BCUT2D eigenvalue weighted by Crippen LogP contribution is 2.42. The standard InChI is InChI=1S/C15H16N4O2S/c20-14(17-15-19-18-13(22-15)9-4-5-9)16-12-3-1-2-10(6-12)11-7-21-8-11/h1-3,6,9,11H,4-5,7-8H2,(H2,16,17,19,20). The average Bonchev–Trinajstić information content (AvgIpc) is 3.18. The quantitative estimate of drug-likeness (QED) is 0.908. The Balaban J connectivity index is 1.38. The van der Waals surface area contributed by atoms with Crippen LogP contribution < -0.4 is 10.6 Å². The Morgan fingerprint density at radius 1 is 1.18 bits per heavy atom. The number of amides is 2. The number of nitrogens with one attached hydrogen (secondary N) is 2. The van der Waals surface area contributed by atoms with Gasteiger partial charge in [0.2, 0.25) is 5.13 Å². The number of hydrogen-bond acceptors (Lipinski definition) is 5. The summed E-state index contributed by atoms with van der Waals surface area (Å²) in [4.78, 5) is 12.0. The van der Waals surface area contributed by atoms with Gasteiger partial charge in [-0.2, -0.15) is 0 Å². The van der Waals surface area contributed by atoms with Crippen LogP contribution in [0.15, 0.2) is 24.3 Å². The molecule has 1 aromatic heterocycles. The molecule has 2 amide bonds. The van der Waals surface area contributed by atoms with Crippen LogP contribution >= 0.6 is 11.3 Å². The van der Waals surface area contributed by atoms with E-state index in [0.717, 1.165) is 23.9 Å². The van der Waals surface area contributed by atoms with Gasteiger partial charge in [-0.3, -0.25) is 5.32 Å². The molecule has 1 aliphatic carbocycles. The fourth-order valence-electron chi connectivity index (χ4n) is 2.34. The monoisotopic (exact) mass is 316 g/mol. The lowest BCUT2D eigenvalue weighted by atomic mass is 9.97. The van der Waals surface area contributed by atoms with Gasteiger partial charge in [-0.15, -0.1) is 10.2 Å². The summed E-state index contributed by atoms with van der Waals surface area (Å²) in [7, 11) is 0. The number of hydrogen-bond donors (Lipinski definition) is 2. The SMILES string of the molecule is O=C(Nc1cccc(C2COC2)c1)Nc1nnc(C2CC2)s1. The molecule has 2 heterocycles. The number of anilines is 2. The van der Waals surface area contributed by atoms with E-state index < -0.39 is 0 Å². The minimum Gasteiger partial charge on any atom is -0.380 e. The molecule has 4 rings (SSSR count). The van der Waals surface area contributed by atoms with Crippen molar-refractivity contribution in [2.45, 2.75) is 24.7 Å². The third-order valence-corrected chi connectivity index (χ3v) is 4.84. The number of urea groups is 1. The summed E-state index contributed by atoms with van der Waals surface area (Å²) in [6, 6.07) is 7.57. The zero-order valence-corrected chi connectivity index (χ0v) is 12.7. The van der Waals surface area contributed by atoms with Crippen molar-refractivity contribution < 1.29 is 9.53 Å². The van der Waals surface area contributed by atoms with Crippen molar-refractivity contribution in [1.29, 1.82) is 0 Å². The first-order valence-electron chi connectivity index (χ1n) is 7.37. The summed E-state index contributed by atoms with van der Waals surface area (Å²) in [5, 5.41) is 15.3. The Hall–Kier alpha value is -1.99. The zero-order chi connectivity index (χ0) is 14.9. The first-order valence-corrected chi connectivity index (χ1v) is 8.19. The molecule has 2 N–H and O–H groups in total.